The number of hydrogen-bond donors (Lipinski definition) is 1. The van der Waals surface area contributed by atoms with E-state index in [0.717, 1.165) is 4.90 Å². The van der Waals surface area contributed by atoms with Crippen molar-refractivity contribution in [2.45, 2.75) is 12.7 Å². The zero-order valence-electron chi connectivity index (χ0n) is 9.81. The fourth-order valence-electron chi connectivity index (χ4n) is 1.62. The van der Waals surface area contributed by atoms with Gasteiger partial charge in [0, 0.05) is 6.54 Å². The average molecular weight is 272 g/mol. The largest absolute Gasteiger partial charge is 0.480 e. The highest BCUT2D eigenvalue weighted by Crippen LogP contribution is 2.19. The Morgan fingerprint density at radius 3 is 2.53 bits per heavy atom. The second-order valence-corrected chi connectivity index (χ2v) is 3.92. The standard InChI is InChI=1S/C12H11F3N2O2/c13-12(14,15)8-17(7-11(18)19)6-10-4-2-1-3-9(10)5-16/h1-4H,6-8H2,(H,18,19). The van der Waals surface area contributed by atoms with Crippen LogP contribution < -0.4 is 0 Å². The summed E-state index contributed by atoms with van der Waals surface area (Å²) in [5.41, 5.74) is 0.607. The molecule has 0 unspecified atom stereocenters. The quantitative estimate of drug-likeness (QED) is 0.890. The predicted molar refractivity (Wildman–Crippen MR) is 60.1 cm³/mol. The number of nitrogens with zero attached hydrogens (tertiary/aromatic N) is 2. The third kappa shape index (κ3) is 5.40. The molecule has 0 bridgehead atoms. The molecule has 102 valence electrons. The number of carbonyl (C=O) groups is 1. The van der Waals surface area contributed by atoms with Crippen molar-refractivity contribution >= 4 is 5.97 Å². The number of nitriles is 1. The molecule has 0 atom stereocenters. The van der Waals surface area contributed by atoms with Crippen molar-refractivity contribution in [3.63, 3.8) is 0 Å². The van der Waals surface area contributed by atoms with E-state index in [4.69, 9.17) is 10.4 Å². The highest BCUT2D eigenvalue weighted by atomic mass is 19.4. The highest BCUT2D eigenvalue weighted by molar-refractivity contribution is 5.69. The summed E-state index contributed by atoms with van der Waals surface area (Å²) >= 11 is 0. The normalized spacial score (nSPS) is 11.3. The van der Waals surface area contributed by atoms with Crippen LogP contribution >= 0.6 is 0 Å². The van der Waals surface area contributed by atoms with Crippen LogP contribution in [0.1, 0.15) is 11.1 Å². The zero-order valence-corrected chi connectivity index (χ0v) is 9.81. The Labute approximate surface area is 107 Å². The maximum atomic E-state index is 12.3. The van der Waals surface area contributed by atoms with Crippen molar-refractivity contribution in [3.05, 3.63) is 35.4 Å². The van der Waals surface area contributed by atoms with E-state index in [1.807, 2.05) is 6.07 Å². The molecule has 1 aromatic rings. The minimum absolute atomic E-state index is 0.236. The van der Waals surface area contributed by atoms with Crippen molar-refractivity contribution in [2.75, 3.05) is 13.1 Å². The van der Waals surface area contributed by atoms with Gasteiger partial charge in [0.15, 0.2) is 0 Å². The lowest BCUT2D eigenvalue weighted by Gasteiger charge is -2.22. The Kier molecular flexibility index (Phi) is 4.89. The third-order valence-corrected chi connectivity index (χ3v) is 2.29. The summed E-state index contributed by atoms with van der Waals surface area (Å²) in [4.78, 5) is 11.3. The molecule has 0 aliphatic carbocycles. The van der Waals surface area contributed by atoms with Crippen LogP contribution in [0.4, 0.5) is 13.2 Å². The zero-order chi connectivity index (χ0) is 14.5. The van der Waals surface area contributed by atoms with Gasteiger partial charge in [-0.3, -0.25) is 9.69 Å². The number of carboxylic acid groups (broad SMARTS) is 1. The average Bonchev–Trinajstić information content (AvgIpc) is 2.26. The van der Waals surface area contributed by atoms with Crippen LogP contribution in [0, 0.1) is 11.3 Å². The molecule has 0 fully saturated rings. The monoisotopic (exact) mass is 272 g/mol. The van der Waals surface area contributed by atoms with E-state index < -0.39 is 25.2 Å². The highest BCUT2D eigenvalue weighted by Gasteiger charge is 2.31. The van der Waals surface area contributed by atoms with Gasteiger partial charge >= 0.3 is 12.1 Å². The predicted octanol–water partition coefficient (Wildman–Crippen LogP) is 2.01. The van der Waals surface area contributed by atoms with E-state index in [9.17, 15) is 18.0 Å². The lowest BCUT2D eigenvalue weighted by Crippen LogP contribution is -2.37. The molecule has 0 saturated heterocycles. The second kappa shape index (κ2) is 6.20. The van der Waals surface area contributed by atoms with Crippen molar-refractivity contribution in [1.29, 1.82) is 5.26 Å². The molecule has 1 rings (SSSR count). The van der Waals surface area contributed by atoms with Crippen LogP contribution in [0.5, 0.6) is 0 Å². The number of halogens is 3. The summed E-state index contributed by atoms with van der Waals surface area (Å²) in [6.07, 6.45) is -4.49. The molecule has 19 heavy (non-hydrogen) atoms. The third-order valence-electron chi connectivity index (χ3n) is 2.29. The summed E-state index contributed by atoms with van der Waals surface area (Å²) in [5.74, 6) is -1.35. The molecule has 0 amide bonds. The molecule has 0 spiro atoms. The lowest BCUT2D eigenvalue weighted by molar-refractivity contribution is -0.154. The Morgan fingerprint density at radius 2 is 2.00 bits per heavy atom. The first-order chi connectivity index (χ1) is 8.81. The number of aliphatic carboxylic acids is 1. The Bertz CT molecular complexity index is 494. The number of carboxylic acids is 1. The molecular formula is C12H11F3N2O2. The van der Waals surface area contributed by atoms with Crippen molar-refractivity contribution in [3.8, 4) is 6.07 Å². The van der Waals surface area contributed by atoms with Gasteiger partial charge in [-0.25, -0.2) is 0 Å². The molecule has 0 aliphatic rings. The van der Waals surface area contributed by atoms with E-state index in [2.05, 4.69) is 0 Å². The number of benzene rings is 1. The van der Waals surface area contributed by atoms with E-state index in [-0.39, 0.29) is 12.1 Å². The van der Waals surface area contributed by atoms with Crippen LogP contribution in [0.3, 0.4) is 0 Å². The topological polar surface area (TPSA) is 64.3 Å². The maximum Gasteiger partial charge on any atom is 0.401 e. The fraction of sp³-hybridized carbons (Fsp3) is 0.333. The molecule has 0 aliphatic heterocycles. The smallest absolute Gasteiger partial charge is 0.401 e. The van der Waals surface area contributed by atoms with Crippen molar-refractivity contribution < 1.29 is 23.1 Å². The number of hydrogen-bond acceptors (Lipinski definition) is 3. The van der Waals surface area contributed by atoms with Crippen LogP contribution in [-0.2, 0) is 11.3 Å². The summed E-state index contributed by atoms with van der Waals surface area (Å²) in [5, 5.41) is 17.4. The molecule has 1 aromatic carbocycles. The van der Waals surface area contributed by atoms with E-state index >= 15 is 0 Å². The van der Waals surface area contributed by atoms with Crippen molar-refractivity contribution in [1.82, 2.24) is 4.90 Å². The minimum Gasteiger partial charge on any atom is -0.480 e. The Hall–Kier alpha value is -2.07. The molecule has 0 heterocycles. The van der Waals surface area contributed by atoms with Crippen molar-refractivity contribution in [2.24, 2.45) is 0 Å². The molecule has 4 nitrogen and oxygen atoms in total. The van der Waals surface area contributed by atoms with Gasteiger partial charge in [-0.2, -0.15) is 18.4 Å². The van der Waals surface area contributed by atoms with Gasteiger partial charge < -0.3 is 5.11 Å². The van der Waals surface area contributed by atoms with Crippen LogP contribution in [0.15, 0.2) is 24.3 Å². The summed E-state index contributed by atoms with van der Waals surface area (Å²) < 4.78 is 37.0. The first-order valence-electron chi connectivity index (χ1n) is 5.30. The molecule has 0 aromatic heterocycles. The van der Waals surface area contributed by atoms with Crippen LogP contribution in [0.2, 0.25) is 0 Å². The maximum absolute atomic E-state index is 12.3. The van der Waals surface area contributed by atoms with Crippen LogP contribution in [0.25, 0.3) is 0 Å². The van der Waals surface area contributed by atoms with Crippen LogP contribution in [-0.4, -0.2) is 35.2 Å². The molecular weight excluding hydrogens is 261 g/mol. The lowest BCUT2D eigenvalue weighted by atomic mass is 10.1. The van der Waals surface area contributed by atoms with Gasteiger partial charge in [-0.05, 0) is 11.6 Å². The van der Waals surface area contributed by atoms with E-state index in [1.54, 1.807) is 12.1 Å². The summed E-state index contributed by atoms with van der Waals surface area (Å²) in [7, 11) is 0. The summed E-state index contributed by atoms with van der Waals surface area (Å²) in [6, 6.07) is 8.02. The van der Waals surface area contributed by atoms with Gasteiger partial charge in [-0.1, -0.05) is 18.2 Å². The van der Waals surface area contributed by atoms with Gasteiger partial charge in [0.25, 0.3) is 0 Å². The molecule has 0 saturated carbocycles. The SMILES string of the molecule is N#Cc1ccccc1CN(CC(=O)O)CC(F)(F)F. The van der Waals surface area contributed by atoms with Gasteiger partial charge in [0.05, 0.1) is 24.7 Å². The van der Waals surface area contributed by atoms with Gasteiger partial charge in [-0.15, -0.1) is 0 Å². The van der Waals surface area contributed by atoms with E-state index in [0.29, 0.717) is 5.56 Å². The van der Waals surface area contributed by atoms with Gasteiger partial charge in [0.2, 0.25) is 0 Å². The van der Waals surface area contributed by atoms with E-state index in [1.165, 1.54) is 12.1 Å². The Balaban J connectivity index is 2.88. The minimum atomic E-state index is -4.49. The van der Waals surface area contributed by atoms with Gasteiger partial charge in [0.1, 0.15) is 0 Å². The molecule has 1 N–H and O–H groups in total. The molecule has 7 heteroatoms. The first-order valence-corrected chi connectivity index (χ1v) is 5.30. The fourth-order valence-corrected chi connectivity index (χ4v) is 1.62. The summed E-state index contributed by atoms with van der Waals surface area (Å²) in [6.45, 7) is -2.31. The molecule has 0 radical (unpaired) electrons. The Morgan fingerprint density at radius 1 is 1.37 bits per heavy atom. The number of alkyl halides is 3. The first kappa shape index (κ1) is 15.0. The second-order valence-electron chi connectivity index (χ2n) is 3.92. The number of rotatable bonds is 5.